The van der Waals surface area contributed by atoms with Gasteiger partial charge in [0.15, 0.2) is 0 Å². The quantitative estimate of drug-likeness (QED) is 0.550. The van der Waals surface area contributed by atoms with Crippen molar-refractivity contribution in [2.24, 2.45) is 0 Å². The summed E-state index contributed by atoms with van der Waals surface area (Å²) in [5.74, 6) is 0.319. The Morgan fingerprint density at radius 2 is 2.00 bits per heavy atom. The summed E-state index contributed by atoms with van der Waals surface area (Å²) < 4.78 is 0. The monoisotopic (exact) mass is 182 g/mol. The molecule has 0 aromatic carbocycles. The van der Waals surface area contributed by atoms with Gasteiger partial charge in [-0.3, -0.25) is 4.79 Å². The first-order chi connectivity index (χ1) is 6.14. The van der Waals surface area contributed by atoms with E-state index in [-0.39, 0.29) is 5.54 Å². The maximum atomic E-state index is 11.6. The second-order valence-corrected chi connectivity index (χ2v) is 4.49. The van der Waals surface area contributed by atoms with Gasteiger partial charge in [0, 0.05) is 25.6 Å². The molecule has 1 unspecified atom stereocenters. The first kappa shape index (κ1) is 9.00. The molecule has 2 aliphatic heterocycles. The van der Waals surface area contributed by atoms with Gasteiger partial charge in [0.05, 0.1) is 0 Å². The highest BCUT2D eigenvalue weighted by Crippen LogP contribution is 2.37. The first-order valence-electron chi connectivity index (χ1n) is 5.09. The molecule has 0 aromatic rings. The van der Waals surface area contributed by atoms with Crippen LogP contribution in [-0.2, 0) is 4.79 Å². The molecular formula is C10H18N2O. The van der Waals surface area contributed by atoms with E-state index in [0.29, 0.717) is 5.91 Å². The van der Waals surface area contributed by atoms with E-state index in [1.807, 2.05) is 11.9 Å². The summed E-state index contributed by atoms with van der Waals surface area (Å²) in [7, 11) is 4.07. The molecule has 2 fully saturated rings. The lowest BCUT2D eigenvalue weighted by atomic mass is 9.85. The Labute approximate surface area is 79.7 Å². The number of hydrogen-bond donors (Lipinski definition) is 0. The Balaban J connectivity index is 2.12. The minimum Gasteiger partial charge on any atom is -0.346 e. The van der Waals surface area contributed by atoms with E-state index >= 15 is 0 Å². The van der Waals surface area contributed by atoms with Crippen molar-refractivity contribution in [3.8, 4) is 0 Å². The Morgan fingerprint density at radius 3 is 2.54 bits per heavy atom. The van der Waals surface area contributed by atoms with Gasteiger partial charge in [0.25, 0.3) is 0 Å². The number of likely N-dealkylation sites (tertiary alicyclic amines) is 2. The largest absolute Gasteiger partial charge is 0.346 e. The summed E-state index contributed by atoms with van der Waals surface area (Å²) >= 11 is 0. The fourth-order valence-electron chi connectivity index (χ4n) is 2.62. The van der Waals surface area contributed by atoms with Crippen molar-refractivity contribution in [3.05, 3.63) is 0 Å². The standard InChI is InChI=1S/C10H18N2O/c1-11-7-5-10(8-9(11)13)4-3-6-12(10)2/h3-8H2,1-2H3. The molecule has 2 saturated heterocycles. The number of carbonyl (C=O) groups is 1. The van der Waals surface area contributed by atoms with Gasteiger partial charge in [-0.1, -0.05) is 0 Å². The minimum absolute atomic E-state index is 0.226. The molecule has 13 heavy (non-hydrogen) atoms. The predicted octanol–water partition coefficient (Wildman–Crippen LogP) is 0.703. The molecule has 0 bridgehead atoms. The van der Waals surface area contributed by atoms with Crippen LogP contribution >= 0.6 is 0 Å². The molecule has 0 radical (unpaired) electrons. The highest BCUT2D eigenvalue weighted by Gasteiger charge is 2.43. The highest BCUT2D eigenvalue weighted by molar-refractivity contribution is 5.78. The molecule has 1 atom stereocenters. The van der Waals surface area contributed by atoms with Crippen LogP contribution in [0.25, 0.3) is 0 Å². The zero-order chi connectivity index (χ0) is 9.47. The van der Waals surface area contributed by atoms with E-state index in [4.69, 9.17) is 0 Å². The van der Waals surface area contributed by atoms with Gasteiger partial charge in [0.1, 0.15) is 0 Å². The number of hydrogen-bond acceptors (Lipinski definition) is 2. The van der Waals surface area contributed by atoms with Crippen molar-refractivity contribution in [3.63, 3.8) is 0 Å². The normalized spacial score (nSPS) is 36.2. The number of nitrogens with zero attached hydrogens (tertiary/aromatic N) is 2. The van der Waals surface area contributed by atoms with E-state index in [1.54, 1.807) is 0 Å². The van der Waals surface area contributed by atoms with Gasteiger partial charge in [-0.25, -0.2) is 0 Å². The molecule has 3 nitrogen and oxygen atoms in total. The average Bonchev–Trinajstić information content (AvgIpc) is 2.42. The van der Waals surface area contributed by atoms with Crippen molar-refractivity contribution in [1.82, 2.24) is 9.80 Å². The highest BCUT2D eigenvalue weighted by atomic mass is 16.2. The maximum absolute atomic E-state index is 11.6. The summed E-state index contributed by atoms with van der Waals surface area (Å²) in [6.45, 7) is 2.10. The summed E-state index contributed by atoms with van der Waals surface area (Å²) in [5, 5.41) is 0. The van der Waals surface area contributed by atoms with Crippen LogP contribution in [0.15, 0.2) is 0 Å². The topological polar surface area (TPSA) is 23.6 Å². The minimum atomic E-state index is 0.226. The van der Waals surface area contributed by atoms with Gasteiger partial charge in [-0.05, 0) is 32.9 Å². The van der Waals surface area contributed by atoms with Crippen molar-refractivity contribution >= 4 is 5.91 Å². The smallest absolute Gasteiger partial charge is 0.224 e. The zero-order valence-corrected chi connectivity index (χ0v) is 8.55. The third-order valence-electron chi connectivity index (χ3n) is 3.76. The summed E-state index contributed by atoms with van der Waals surface area (Å²) in [4.78, 5) is 15.8. The maximum Gasteiger partial charge on any atom is 0.224 e. The van der Waals surface area contributed by atoms with Gasteiger partial charge < -0.3 is 9.80 Å². The third-order valence-corrected chi connectivity index (χ3v) is 3.76. The molecule has 2 heterocycles. The van der Waals surface area contributed by atoms with Crippen molar-refractivity contribution in [1.29, 1.82) is 0 Å². The molecule has 0 aromatic heterocycles. The summed E-state index contributed by atoms with van der Waals surface area (Å²) in [6.07, 6.45) is 4.36. The predicted molar refractivity (Wildman–Crippen MR) is 51.5 cm³/mol. The molecule has 1 spiro atoms. The van der Waals surface area contributed by atoms with Crippen LogP contribution in [0.1, 0.15) is 25.7 Å². The van der Waals surface area contributed by atoms with Crippen LogP contribution in [-0.4, -0.2) is 48.4 Å². The molecule has 3 heteroatoms. The second kappa shape index (κ2) is 2.98. The van der Waals surface area contributed by atoms with E-state index < -0.39 is 0 Å². The van der Waals surface area contributed by atoms with E-state index in [0.717, 1.165) is 25.9 Å². The molecule has 0 saturated carbocycles. The molecule has 0 aliphatic carbocycles. The first-order valence-corrected chi connectivity index (χ1v) is 5.09. The van der Waals surface area contributed by atoms with Crippen LogP contribution in [0.2, 0.25) is 0 Å². The summed E-state index contributed by atoms with van der Waals surface area (Å²) in [5.41, 5.74) is 0.226. The van der Waals surface area contributed by atoms with Crippen LogP contribution in [0.4, 0.5) is 0 Å². The molecule has 2 aliphatic rings. The number of carbonyl (C=O) groups excluding carboxylic acids is 1. The Bertz CT molecular complexity index is 229. The second-order valence-electron chi connectivity index (χ2n) is 4.49. The van der Waals surface area contributed by atoms with E-state index in [9.17, 15) is 4.79 Å². The lowest BCUT2D eigenvalue weighted by Crippen LogP contribution is -2.52. The molecule has 74 valence electrons. The van der Waals surface area contributed by atoms with E-state index in [2.05, 4.69) is 11.9 Å². The Kier molecular flexibility index (Phi) is 2.06. The fraction of sp³-hybridized carbons (Fsp3) is 0.900. The van der Waals surface area contributed by atoms with Crippen LogP contribution < -0.4 is 0 Å². The van der Waals surface area contributed by atoms with Gasteiger partial charge in [-0.15, -0.1) is 0 Å². The van der Waals surface area contributed by atoms with Gasteiger partial charge >= 0.3 is 0 Å². The average molecular weight is 182 g/mol. The van der Waals surface area contributed by atoms with Crippen molar-refractivity contribution in [2.75, 3.05) is 27.2 Å². The molecule has 0 N–H and O–H groups in total. The van der Waals surface area contributed by atoms with Crippen LogP contribution in [0.3, 0.4) is 0 Å². The zero-order valence-electron chi connectivity index (χ0n) is 8.55. The van der Waals surface area contributed by atoms with E-state index in [1.165, 1.54) is 12.8 Å². The van der Waals surface area contributed by atoms with Crippen molar-refractivity contribution in [2.45, 2.75) is 31.2 Å². The molecule has 2 rings (SSSR count). The number of piperidine rings is 1. The van der Waals surface area contributed by atoms with Gasteiger partial charge in [0.2, 0.25) is 5.91 Å². The summed E-state index contributed by atoms with van der Waals surface area (Å²) in [6, 6.07) is 0. The Morgan fingerprint density at radius 1 is 1.23 bits per heavy atom. The van der Waals surface area contributed by atoms with Crippen molar-refractivity contribution < 1.29 is 4.79 Å². The number of amides is 1. The SMILES string of the molecule is CN1CCC2(CCCN2C)CC1=O. The van der Waals surface area contributed by atoms with Gasteiger partial charge in [-0.2, -0.15) is 0 Å². The lowest BCUT2D eigenvalue weighted by molar-refractivity contribution is -0.136. The lowest BCUT2D eigenvalue weighted by Gasteiger charge is -2.41. The molecule has 1 amide bonds. The molecular weight excluding hydrogens is 164 g/mol. The van der Waals surface area contributed by atoms with Crippen LogP contribution in [0.5, 0.6) is 0 Å². The Hall–Kier alpha value is -0.570. The fourth-order valence-corrected chi connectivity index (χ4v) is 2.62. The third kappa shape index (κ3) is 1.35. The number of rotatable bonds is 0. The van der Waals surface area contributed by atoms with Crippen LogP contribution in [0, 0.1) is 0 Å².